The van der Waals surface area contributed by atoms with Gasteiger partial charge in [-0.2, -0.15) is 0 Å². The lowest BCUT2D eigenvalue weighted by Gasteiger charge is -2.12. The van der Waals surface area contributed by atoms with E-state index >= 15 is 0 Å². The number of halogens is 2. The zero-order valence-corrected chi connectivity index (χ0v) is 13.6. The number of rotatable bonds is 5. The molecule has 6 heteroatoms. The number of benzene rings is 2. The van der Waals surface area contributed by atoms with Crippen molar-refractivity contribution < 1.29 is 18.7 Å². The van der Waals surface area contributed by atoms with Gasteiger partial charge < -0.3 is 10.5 Å². The molecule has 1 atom stereocenters. The normalized spacial score (nSPS) is 12.5. The summed E-state index contributed by atoms with van der Waals surface area (Å²) in [5.74, 6) is -1.92. The molecule has 0 saturated carbocycles. The Labute approximate surface area is 143 Å². The number of hydrogen-bond acceptors (Lipinski definition) is 3. The van der Waals surface area contributed by atoms with Crippen LogP contribution in [0.2, 0.25) is 5.02 Å². The average molecular weight is 348 g/mol. The summed E-state index contributed by atoms with van der Waals surface area (Å²) >= 11 is 5.84. The zero-order chi connectivity index (χ0) is 17.7. The first-order valence-corrected chi connectivity index (χ1v) is 7.48. The highest BCUT2D eigenvalue weighted by molar-refractivity contribution is 6.30. The lowest BCUT2D eigenvalue weighted by atomic mass is 10.0. The molecule has 24 heavy (non-hydrogen) atoms. The Kier molecular flexibility index (Phi) is 5.71. The van der Waals surface area contributed by atoms with Crippen LogP contribution in [0.25, 0.3) is 11.6 Å². The first kappa shape index (κ1) is 17.7. The minimum atomic E-state index is -1.08. The first-order chi connectivity index (χ1) is 11.4. The summed E-state index contributed by atoms with van der Waals surface area (Å²) < 4.78 is 18.2. The minimum absolute atomic E-state index is 0.172. The van der Waals surface area contributed by atoms with Gasteiger partial charge in [-0.05, 0) is 48.4 Å². The molecule has 0 unspecified atom stereocenters. The largest absolute Gasteiger partial charge is 0.449 e. The summed E-state index contributed by atoms with van der Waals surface area (Å²) in [5.41, 5.74) is 6.43. The maximum Gasteiger partial charge on any atom is 0.339 e. The Morgan fingerprint density at radius 3 is 2.25 bits per heavy atom. The number of amides is 1. The van der Waals surface area contributed by atoms with Crippen LogP contribution in [0, 0.1) is 5.82 Å². The Hall–Kier alpha value is -2.66. The number of carbonyl (C=O) groups is 2. The van der Waals surface area contributed by atoms with Gasteiger partial charge in [0.15, 0.2) is 6.10 Å². The van der Waals surface area contributed by atoms with Crippen LogP contribution >= 0.6 is 11.6 Å². The maximum absolute atomic E-state index is 13.1. The fourth-order valence-corrected chi connectivity index (χ4v) is 2.02. The molecule has 0 aliphatic heterocycles. The zero-order valence-electron chi connectivity index (χ0n) is 12.8. The van der Waals surface area contributed by atoms with Crippen molar-refractivity contribution in [3.63, 3.8) is 0 Å². The molecule has 0 aliphatic rings. The van der Waals surface area contributed by atoms with Crippen molar-refractivity contribution >= 4 is 35.1 Å². The van der Waals surface area contributed by atoms with Crippen molar-refractivity contribution in [2.45, 2.75) is 13.0 Å². The topological polar surface area (TPSA) is 69.4 Å². The highest BCUT2D eigenvalue weighted by atomic mass is 35.5. The number of carbonyl (C=O) groups excluding carboxylic acids is 2. The number of ether oxygens (including phenoxy) is 1. The van der Waals surface area contributed by atoms with Gasteiger partial charge in [-0.1, -0.05) is 35.9 Å². The van der Waals surface area contributed by atoms with Crippen molar-refractivity contribution in [3.05, 3.63) is 70.5 Å². The van der Waals surface area contributed by atoms with Crippen LogP contribution in [-0.2, 0) is 14.3 Å². The van der Waals surface area contributed by atoms with E-state index in [1.807, 2.05) is 0 Å². The van der Waals surface area contributed by atoms with E-state index in [1.165, 1.54) is 31.2 Å². The molecule has 2 N–H and O–H groups in total. The molecule has 2 aromatic rings. The number of nitrogens with two attached hydrogens (primary N) is 1. The van der Waals surface area contributed by atoms with Crippen LogP contribution in [0.3, 0.4) is 0 Å². The molecule has 0 spiro atoms. The van der Waals surface area contributed by atoms with E-state index in [1.54, 1.807) is 30.3 Å². The Morgan fingerprint density at radius 1 is 1.12 bits per heavy atom. The van der Waals surface area contributed by atoms with E-state index in [0.717, 1.165) is 0 Å². The Bertz CT molecular complexity index is 770. The van der Waals surface area contributed by atoms with Gasteiger partial charge in [0.1, 0.15) is 5.82 Å². The predicted molar refractivity (Wildman–Crippen MR) is 90.5 cm³/mol. The second-order valence-electron chi connectivity index (χ2n) is 5.07. The van der Waals surface area contributed by atoms with Crippen LogP contribution < -0.4 is 5.73 Å². The molecule has 2 aromatic carbocycles. The molecule has 0 aromatic heterocycles. The van der Waals surface area contributed by atoms with Crippen LogP contribution in [0.4, 0.5) is 4.39 Å². The maximum atomic E-state index is 13.1. The standard InChI is InChI=1S/C18H15ClFNO3/c1-11(17(21)22)24-18(23)16(13-4-8-15(20)9-5-13)10-12-2-6-14(19)7-3-12/h2-11H,1H3,(H2,21,22)/b16-10+/t11-/m0/s1. The van der Waals surface area contributed by atoms with Gasteiger partial charge in [-0.3, -0.25) is 4.79 Å². The molecule has 0 fully saturated rings. The molecular formula is C18H15ClFNO3. The van der Waals surface area contributed by atoms with Crippen LogP contribution in [-0.4, -0.2) is 18.0 Å². The Balaban J connectivity index is 2.40. The van der Waals surface area contributed by atoms with Gasteiger partial charge in [0, 0.05) is 5.02 Å². The summed E-state index contributed by atoms with van der Waals surface area (Å²) in [6, 6.07) is 12.2. The molecule has 0 heterocycles. The monoisotopic (exact) mass is 347 g/mol. The van der Waals surface area contributed by atoms with Gasteiger partial charge in [-0.15, -0.1) is 0 Å². The number of primary amides is 1. The SMILES string of the molecule is C[C@H](OC(=O)/C(=C/c1ccc(Cl)cc1)c1ccc(F)cc1)C(N)=O. The van der Waals surface area contributed by atoms with Crippen molar-refractivity contribution in [1.82, 2.24) is 0 Å². The summed E-state index contributed by atoms with van der Waals surface area (Å²) in [7, 11) is 0. The molecule has 2 rings (SSSR count). The molecule has 1 amide bonds. The molecule has 0 radical (unpaired) electrons. The molecule has 0 aliphatic carbocycles. The summed E-state index contributed by atoms with van der Waals surface area (Å²) in [6.07, 6.45) is 0.492. The average Bonchev–Trinajstić information content (AvgIpc) is 2.55. The summed E-state index contributed by atoms with van der Waals surface area (Å²) in [6.45, 7) is 1.38. The third kappa shape index (κ3) is 4.67. The van der Waals surface area contributed by atoms with E-state index < -0.39 is 23.8 Å². The first-order valence-electron chi connectivity index (χ1n) is 7.10. The lowest BCUT2D eigenvalue weighted by Crippen LogP contribution is -2.30. The van der Waals surface area contributed by atoms with E-state index in [-0.39, 0.29) is 5.57 Å². The smallest absolute Gasteiger partial charge is 0.339 e. The number of esters is 1. The predicted octanol–water partition coefficient (Wildman–Crippen LogP) is 3.44. The van der Waals surface area contributed by atoms with Gasteiger partial charge in [0.2, 0.25) is 0 Å². The van der Waals surface area contributed by atoms with Crippen molar-refractivity contribution in [1.29, 1.82) is 0 Å². The number of hydrogen-bond donors (Lipinski definition) is 1. The van der Waals surface area contributed by atoms with Crippen molar-refractivity contribution in [3.8, 4) is 0 Å². The lowest BCUT2D eigenvalue weighted by molar-refractivity contribution is -0.147. The fraction of sp³-hybridized carbons (Fsp3) is 0.111. The van der Waals surface area contributed by atoms with E-state index in [9.17, 15) is 14.0 Å². The minimum Gasteiger partial charge on any atom is -0.449 e. The van der Waals surface area contributed by atoms with Crippen LogP contribution in [0.5, 0.6) is 0 Å². The van der Waals surface area contributed by atoms with Crippen molar-refractivity contribution in [2.24, 2.45) is 5.73 Å². The quantitative estimate of drug-likeness (QED) is 0.511. The molecule has 0 saturated heterocycles. The fourth-order valence-electron chi connectivity index (χ4n) is 1.90. The third-order valence-corrected chi connectivity index (χ3v) is 3.49. The molecule has 4 nitrogen and oxygen atoms in total. The van der Waals surface area contributed by atoms with Gasteiger partial charge in [0.05, 0.1) is 5.57 Å². The highest BCUT2D eigenvalue weighted by Gasteiger charge is 2.19. The van der Waals surface area contributed by atoms with E-state index in [2.05, 4.69) is 0 Å². The third-order valence-electron chi connectivity index (χ3n) is 3.24. The van der Waals surface area contributed by atoms with Crippen LogP contribution in [0.1, 0.15) is 18.1 Å². The van der Waals surface area contributed by atoms with Gasteiger partial charge in [-0.25, -0.2) is 9.18 Å². The van der Waals surface area contributed by atoms with E-state index in [4.69, 9.17) is 22.1 Å². The summed E-state index contributed by atoms with van der Waals surface area (Å²) in [5, 5.41) is 0.556. The van der Waals surface area contributed by atoms with Gasteiger partial charge >= 0.3 is 5.97 Å². The van der Waals surface area contributed by atoms with E-state index in [0.29, 0.717) is 16.1 Å². The summed E-state index contributed by atoms with van der Waals surface area (Å²) in [4.78, 5) is 23.5. The van der Waals surface area contributed by atoms with Gasteiger partial charge in [0.25, 0.3) is 5.91 Å². The second-order valence-corrected chi connectivity index (χ2v) is 5.50. The van der Waals surface area contributed by atoms with Crippen molar-refractivity contribution in [2.75, 3.05) is 0 Å². The molecule has 124 valence electrons. The van der Waals surface area contributed by atoms with Crippen LogP contribution in [0.15, 0.2) is 48.5 Å². The Morgan fingerprint density at radius 2 is 1.71 bits per heavy atom. The highest BCUT2D eigenvalue weighted by Crippen LogP contribution is 2.22. The molecular weight excluding hydrogens is 333 g/mol. The molecule has 0 bridgehead atoms. The second kappa shape index (κ2) is 7.75.